The van der Waals surface area contributed by atoms with Gasteiger partial charge >= 0.3 is 0 Å². The number of rotatable bonds is 8. The van der Waals surface area contributed by atoms with Gasteiger partial charge in [0.05, 0.1) is 6.54 Å². The van der Waals surface area contributed by atoms with Gasteiger partial charge in [0.1, 0.15) is 12.7 Å². The Balaban J connectivity index is 1.42. The van der Waals surface area contributed by atoms with E-state index in [9.17, 15) is 4.79 Å². The molecule has 5 heteroatoms. The van der Waals surface area contributed by atoms with Crippen LogP contribution < -0.4 is 5.32 Å². The van der Waals surface area contributed by atoms with Crippen LogP contribution in [0.5, 0.6) is 0 Å². The molecule has 0 saturated carbocycles. The fraction of sp³-hybridized carbons (Fsp3) is 0.286. The van der Waals surface area contributed by atoms with Crippen molar-refractivity contribution in [1.82, 2.24) is 20.1 Å². The normalized spacial score (nSPS) is 10.7. The van der Waals surface area contributed by atoms with Crippen molar-refractivity contribution in [2.45, 2.75) is 39.3 Å². The molecule has 5 nitrogen and oxygen atoms in total. The van der Waals surface area contributed by atoms with Crippen LogP contribution in [0.3, 0.4) is 0 Å². The van der Waals surface area contributed by atoms with Gasteiger partial charge in [-0.05, 0) is 35.1 Å². The van der Waals surface area contributed by atoms with Crippen LogP contribution in [0.4, 0.5) is 0 Å². The number of hydrogen-bond donors (Lipinski definition) is 1. The Labute approximate surface area is 154 Å². The first-order valence-corrected chi connectivity index (χ1v) is 8.97. The van der Waals surface area contributed by atoms with E-state index < -0.39 is 0 Å². The van der Waals surface area contributed by atoms with Crippen LogP contribution in [-0.2, 0) is 30.7 Å². The fourth-order valence-electron chi connectivity index (χ4n) is 2.75. The van der Waals surface area contributed by atoms with Crippen molar-refractivity contribution in [1.29, 1.82) is 0 Å². The molecule has 0 aliphatic heterocycles. The number of benzene rings is 2. The average Bonchev–Trinajstić information content (AvgIpc) is 3.19. The summed E-state index contributed by atoms with van der Waals surface area (Å²) in [5.41, 5.74) is 4.77. The van der Waals surface area contributed by atoms with Crippen molar-refractivity contribution < 1.29 is 4.79 Å². The molecular weight excluding hydrogens is 324 g/mol. The highest BCUT2D eigenvalue weighted by Crippen LogP contribution is 2.08. The van der Waals surface area contributed by atoms with E-state index in [2.05, 4.69) is 58.7 Å². The minimum Gasteiger partial charge on any atom is -0.352 e. The molecule has 0 aliphatic rings. The molecule has 1 amide bonds. The molecule has 26 heavy (non-hydrogen) atoms. The van der Waals surface area contributed by atoms with Crippen molar-refractivity contribution in [2.75, 3.05) is 0 Å². The summed E-state index contributed by atoms with van der Waals surface area (Å²) < 4.78 is 1.78. The third-order valence-corrected chi connectivity index (χ3v) is 4.40. The highest BCUT2D eigenvalue weighted by Gasteiger charge is 2.03. The maximum Gasteiger partial charge on any atom is 0.220 e. The van der Waals surface area contributed by atoms with Crippen LogP contribution in [0, 0.1) is 0 Å². The SMILES string of the molecule is CCc1ccc(CCC(=O)NCc2ccc(Cn3cncn3)cc2)cc1. The molecule has 0 radical (unpaired) electrons. The summed E-state index contributed by atoms with van der Waals surface area (Å²) in [5, 5.41) is 7.09. The number of carbonyl (C=O) groups is 1. The van der Waals surface area contributed by atoms with Crippen LogP contribution in [0.15, 0.2) is 61.2 Å². The molecule has 0 bridgehead atoms. The van der Waals surface area contributed by atoms with E-state index in [1.165, 1.54) is 17.5 Å². The number of amides is 1. The summed E-state index contributed by atoms with van der Waals surface area (Å²) in [5.74, 6) is 0.0799. The van der Waals surface area contributed by atoms with Crippen LogP contribution in [0.1, 0.15) is 35.6 Å². The minimum absolute atomic E-state index is 0.0799. The van der Waals surface area contributed by atoms with E-state index in [0.717, 1.165) is 24.0 Å². The number of hydrogen-bond acceptors (Lipinski definition) is 3. The Morgan fingerprint density at radius 3 is 2.27 bits per heavy atom. The van der Waals surface area contributed by atoms with Gasteiger partial charge in [-0.15, -0.1) is 0 Å². The molecule has 1 heterocycles. The Hall–Kier alpha value is -2.95. The molecule has 0 aliphatic carbocycles. The smallest absolute Gasteiger partial charge is 0.220 e. The van der Waals surface area contributed by atoms with Crippen molar-refractivity contribution in [3.05, 3.63) is 83.4 Å². The van der Waals surface area contributed by atoms with Gasteiger partial charge in [0.15, 0.2) is 0 Å². The first kappa shape index (κ1) is 17.9. The lowest BCUT2D eigenvalue weighted by Crippen LogP contribution is -2.23. The highest BCUT2D eigenvalue weighted by molar-refractivity contribution is 5.76. The predicted molar refractivity (Wildman–Crippen MR) is 102 cm³/mol. The van der Waals surface area contributed by atoms with E-state index >= 15 is 0 Å². The number of nitrogens with zero attached hydrogens (tertiary/aromatic N) is 3. The van der Waals surface area contributed by atoms with Crippen LogP contribution in [0.2, 0.25) is 0 Å². The molecule has 3 rings (SSSR count). The number of aryl methyl sites for hydroxylation is 2. The molecule has 0 fully saturated rings. The zero-order chi connectivity index (χ0) is 18.2. The Bertz CT molecular complexity index is 808. The van der Waals surface area contributed by atoms with Gasteiger partial charge in [0, 0.05) is 13.0 Å². The second kappa shape index (κ2) is 8.94. The van der Waals surface area contributed by atoms with E-state index in [1.54, 1.807) is 11.0 Å². The maximum atomic E-state index is 12.1. The second-order valence-electron chi connectivity index (χ2n) is 6.36. The van der Waals surface area contributed by atoms with Crippen molar-refractivity contribution >= 4 is 5.91 Å². The van der Waals surface area contributed by atoms with Gasteiger partial charge < -0.3 is 5.32 Å². The van der Waals surface area contributed by atoms with E-state index in [0.29, 0.717) is 19.5 Å². The predicted octanol–water partition coefficient (Wildman–Crippen LogP) is 3.14. The van der Waals surface area contributed by atoms with Gasteiger partial charge in [0.25, 0.3) is 0 Å². The quantitative estimate of drug-likeness (QED) is 0.680. The summed E-state index contributed by atoms with van der Waals surface area (Å²) in [6.07, 6.45) is 5.55. The summed E-state index contributed by atoms with van der Waals surface area (Å²) in [7, 11) is 0. The lowest BCUT2D eigenvalue weighted by Gasteiger charge is -2.07. The van der Waals surface area contributed by atoms with Crippen molar-refractivity contribution in [3.8, 4) is 0 Å². The van der Waals surface area contributed by atoms with E-state index in [1.807, 2.05) is 12.1 Å². The zero-order valence-electron chi connectivity index (χ0n) is 15.1. The lowest BCUT2D eigenvalue weighted by molar-refractivity contribution is -0.121. The first-order chi connectivity index (χ1) is 12.7. The molecule has 0 spiro atoms. The summed E-state index contributed by atoms with van der Waals surface area (Å²) >= 11 is 0. The maximum absolute atomic E-state index is 12.1. The van der Waals surface area contributed by atoms with Crippen LogP contribution >= 0.6 is 0 Å². The topological polar surface area (TPSA) is 59.8 Å². The van der Waals surface area contributed by atoms with E-state index in [-0.39, 0.29) is 5.91 Å². The minimum atomic E-state index is 0.0799. The molecule has 2 aromatic carbocycles. The first-order valence-electron chi connectivity index (χ1n) is 8.97. The molecule has 1 N–H and O–H groups in total. The number of nitrogens with one attached hydrogen (secondary N) is 1. The van der Waals surface area contributed by atoms with E-state index in [4.69, 9.17) is 0 Å². The molecule has 3 aromatic rings. The van der Waals surface area contributed by atoms with Gasteiger partial charge in [-0.2, -0.15) is 5.10 Å². The van der Waals surface area contributed by atoms with Gasteiger partial charge in [-0.25, -0.2) is 9.67 Å². The Kier molecular flexibility index (Phi) is 6.14. The summed E-state index contributed by atoms with van der Waals surface area (Å²) in [6.45, 7) is 3.39. The van der Waals surface area contributed by atoms with Crippen LogP contribution in [0.25, 0.3) is 0 Å². The third kappa shape index (κ3) is 5.28. The van der Waals surface area contributed by atoms with Crippen LogP contribution in [-0.4, -0.2) is 20.7 Å². The summed E-state index contributed by atoms with van der Waals surface area (Å²) in [6, 6.07) is 16.7. The van der Waals surface area contributed by atoms with Crippen molar-refractivity contribution in [3.63, 3.8) is 0 Å². The van der Waals surface area contributed by atoms with Gasteiger partial charge in [-0.3, -0.25) is 4.79 Å². The average molecular weight is 348 g/mol. The molecule has 1 aromatic heterocycles. The number of aromatic nitrogens is 3. The lowest BCUT2D eigenvalue weighted by atomic mass is 10.1. The standard InChI is InChI=1S/C21H24N4O/c1-2-17-3-5-18(6-4-17)11-12-21(26)23-13-19-7-9-20(10-8-19)14-25-16-22-15-24-25/h3-10,15-16H,2,11-14H2,1H3,(H,23,26). The molecular formula is C21H24N4O. The molecule has 0 saturated heterocycles. The number of carbonyl (C=O) groups excluding carboxylic acids is 1. The Morgan fingerprint density at radius 2 is 1.62 bits per heavy atom. The largest absolute Gasteiger partial charge is 0.352 e. The Morgan fingerprint density at radius 1 is 0.962 bits per heavy atom. The fourth-order valence-corrected chi connectivity index (χ4v) is 2.75. The van der Waals surface area contributed by atoms with Crippen molar-refractivity contribution in [2.24, 2.45) is 0 Å². The third-order valence-electron chi connectivity index (χ3n) is 4.40. The second-order valence-corrected chi connectivity index (χ2v) is 6.36. The molecule has 0 unspecified atom stereocenters. The molecule has 134 valence electrons. The highest BCUT2D eigenvalue weighted by atomic mass is 16.1. The molecule has 0 atom stereocenters. The monoisotopic (exact) mass is 348 g/mol. The zero-order valence-corrected chi connectivity index (χ0v) is 15.1. The summed E-state index contributed by atoms with van der Waals surface area (Å²) in [4.78, 5) is 16.0. The van der Waals surface area contributed by atoms with Gasteiger partial charge in [0.2, 0.25) is 5.91 Å². The van der Waals surface area contributed by atoms with Gasteiger partial charge in [-0.1, -0.05) is 55.5 Å².